The summed E-state index contributed by atoms with van der Waals surface area (Å²) < 4.78 is 33.6. The highest BCUT2D eigenvalue weighted by molar-refractivity contribution is 7.99. The molecule has 0 aliphatic carbocycles. The van der Waals surface area contributed by atoms with Gasteiger partial charge in [0.2, 0.25) is 10.0 Å². The van der Waals surface area contributed by atoms with Gasteiger partial charge in [-0.2, -0.15) is 16.1 Å². The number of rotatable bonds is 7. The molecule has 1 aliphatic rings. The molecule has 0 amide bonds. The fourth-order valence-electron chi connectivity index (χ4n) is 3.87. The number of thioether (sulfide) groups is 1. The van der Waals surface area contributed by atoms with Gasteiger partial charge in [-0.25, -0.2) is 8.42 Å². The lowest BCUT2D eigenvalue weighted by molar-refractivity contribution is 0.393. The predicted molar refractivity (Wildman–Crippen MR) is 123 cm³/mol. The first-order valence-electron chi connectivity index (χ1n) is 9.96. The molecule has 0 radical (unpaired) electrons. The number of nitrogens with two attached hydrogens (primary N) is 1. The van der Waals surface area contributed by atoms with Crippen LogP contribution >= 0.6 is 11.8 Å². The number of nitrogens with zero attached hydrogens (tertiary/aromatic N) is 1. The fraction of sp³-hybridized carbons (Fsp3) is 0.304. The third kappa shape index (κ3) is 4.34. The molecule has 158 valence electrons. The van der Waals surface area contributed by atoms with E-state index >= 15 is 0 Å². The summed E-state index contributed by atoms with van der Waals surface area (Å²) in [6.07, 6.45) is 0.768. The lowest BCUT2D eigenvalue weighted by Crippen LogP contribution is -2.40. The van der Waals surface area contributed by atoms with Crippen molar-refractivity contribution in [2.75, 3.05) is 20.2 Å². The molecule has 2 N–H and O–H groups in total. The number of sulfonamides is 1. The minimum absolute atomic E-state index is 0.171. The Morgan fingerprint density at radius 3 is 2.50 bits per heavy atom. The lowest BCUT2D eigenvalue weighted by atomic mass is 10.1. The van der Waals surface area contributed by atoms with Gasteiger partial charge < -0.3 is 10.5 Å². The molecule has 1 saturated heterocycles. The van der Waals surface area contributed by atoms with Gasteiger partial charge in [-0.3, -0.25) is 0 Å². The minimum Gasteiger partial charge on any atom is -0.497 e. The first-order valence-corrected chi connectivity index (χ1v) is 12.5. The summed E-state index contributed by atoms with van der Waals surface area (Å²) in [6, 6.07) is 20.9. The number of ether oxygens (including phenoxy) is 1. The first kappa shape index (κ1) is 21.2. The zero-order valence-electron chi connectivity index (χ0n) is 16.9. The van der Waals surface area contributed by atoms with E-state index < -0.39 is 10.0 Å². The normalized spacial score (nSPS) is 19.9. The lowest BCUT2D eigenvalue weighted by Gasteiger charge is -2.23. The molecule has 0 bridgehead atoms. The van der Waals surface area contributed by atoms with Crippen molar-refractivity contribution in [3.05, 3.63) is 72.3 Å². The summed E-state index contributed by atoms with van der Waals surface area (Å²) >= 11 is 1.78. The average molecular weight is 443 g/mol. The zero-order chi connectivity index (χ0) is 21.1. The van der Waals surface area contributed by atoms with E-state index in [0.717, 1.165) is 28.7 Å². The standard InChI is InChI=1S/C23H26N2O3S2/c1-28-21-9-6-17(7-10-21)16-29-22-13-20(14-24)25(15-22)30(26,27)23-11-8-18-4-2-3-5-19(18)12-23/h2-12,20,22H,13-16,24H2,1H3/t20-,22+/m0/s1. The number of hydrogen-bond acceptors (Lipinski definition) is 5. The van der Waals surface area contributed by atoms with Gasteiger partial charge in [0.15, 0.2) is 0 Å². The Morgan fingerprint density at radius 2 is 1.80 bits per heavy atom. The molecule has 2 atom stereocenters. The second-order valence-electron chi connectivity index (χ2n) is 7.49. The van der Waals surface area contributed by atoms with Crippen LogP contribution in [0, 0.1) is 0 Å². The number of fused-ring (bicyclic) bond motifs is 1. The minimum atomic E-state index is -3.59. The van der Waals surface area contributed by atoms with Crippen molar-refractivity contribution in [1.29, 1.82) is 0 Å². The van der Waals surface area contributed by atoms with Crippen molar-refractivity contribution in [3.8, 4) is 5.75 Å². The van der Waals surface area contributed by atoms with Crippen LogP contribution in [-0.4, -0.2) is 44.2 Å². The van der Waals surface area contributed by atoms with E-state index in [0.29, 0.717) is 18.0 Å². The molecule has 30 heavy (non-hydrogen) atoms. The Balaban J connectivity index is 1.49. The van der Waals surface area contributed by atoms with Gasteiger partial charge >= 0.3 is 0 Å². The molecule has 5 nitrogen and oxygen atoms in total. The van der Waals surface area contributed by atoms with Crippen molar-refractivity contribution in [2.45, 2.75) is 28.4 Å². The van der Waals surface area contributed by atoms with Gasteiger partial charge in [-0.05, 0) is 47.0 Å². The highest BCUT2D eigenvalue weighted by Gasteiger charge is 2.39. The van der Waals surface area contributed by atoms with E-state index in [1.54, 1.807) is 35.3 Å². The highest BCUT2D eigenvalue weighted by Crippen LogP contribution is 2.34. The van der Waals surface area contributed by atoms with E-state index in [1.165, 1.54) is 5.56 Å². The molecule has 1 aliphatic heterocycles. The number of benzene rings is 3. The van der Waals surface area contributed by atoms with E-state index in [-0.39, 0.29) is 11.3 Å². The highest BCUT2D eigenvalue weighted by atomic mass is 32.2. The molecular weight excluding hydrogens is 416 g/mol. The molecule has 0 unspecified atom stereocenters. The van der Waals surface area contributed by atoms with Crippen molar-refractivity contribution in [1.82, 2.24) is 4.31 Å². The molecule has 7 heteroatoms. The zero-order valence-corrected chi connectivity index (χ0v) is 18.5. The van der Waals surface area contributed by atoms with E-state index in [2.05, 4.69) is 0 Å². The van der Waals surface area contributed by atoms with Gasteiger partial charge in [0.05, 0.1) is 12.0 Å². The predicted octanol–water partition coefficient (Wildman–Crippen LogP) is 3.87. The maximum Gasteiger partial charge on any atom is 0.243 e. The number of methoxy groups -OCH3 is 1. The molecule has 3 aromatic rings. The summed E-state index contributed by atoms with van der Waals surface area (Å²) in [4.78, 5) is 0.334. The monoisotopic (exact) mass is 442 g/mol. The van der Waals surface area contributed by atoms with Crippen LogP contribution in [0.5, 0.6) is 5.75 Å². The largest absolute Gasteiger partial charge is 0.497 e. The second kappa shape index (κ2) is 8.98. The molecule has 3 aromatic carbocycles. The van der Waals surface area contributed by atoms with Crippen LogP contribution in [0.3, 0.4) is 0 Å². The third-order valence-corrected chi connectivity index (χ3v) is 8.80. The van der Waals surface area contributed by atoms with Crippen LogP contribution in [-0.2, 0) is 15.8 Å². The van der Waals surface area contributed by atoms with Crippen molar-refractivity contribution < 1.29 is 13.2 Å². The van der Waals surface area contributed by atoms with Crippen LogP contribution in [0.25, 0.3) is 10.8 Å². The van der Waals surface area contributed by atoms with Gasteiger partial charge in [-0.1, -0.05) is 42.5 Å². The number of hydrogen-bond donors (Lipinski definition) is 1. The smallest absolute Gasteiger partial charge is 0.243 e. The summed E-state index contributed by atoms with van der Waals surface area (Å²) in [5.74, 6) is 1.66. The Bertz CT molecular complexity index is 1120. The molecule has 0 saturated carbocycles. The van der Waals surface area contributed by atoms with Crippen LogP contribution < -0.4 is 10.5 Å². The van der Waals surface area contributed by atoms with Crippen molar-refractivity contribution in [2.24, 2.45) is 5.73 Å². The van der Waals surface area contributed by atoms with Gasteiger partial charge in [-0.15, -0.1) is 0 Å². The van der Waals surface area contributed by atoms with Crippen LogP contribution in [0.2, 0.25) is 0 Å². The maximum absolute atomic E-state index is 13.4. The molecular formula is C23H26N2O3S2. The summed E-state index contributed by atoms with van der Waals surface area (Å²) in [7, 11) is -1.94. The molecule has 0 aromatic heterocycles. The molecule has 1 heterocycles. The maximum atomic E-state index is 13.4. The molecule has 0 spiro atoms. The van der Waals surface area contributed by atoms with E-state index in [4.69, 9.17) is 10.5 Å². The first-order chi connectivity index (χ1) is 14.5. The van der Waals surface area contributed by atoms with Crippen molar-refractivity contribution >= 4 is 32.6 Å². The topological polar surface area (TPSA) is 72.6 Å². The Kier molecular flexibility index (Phi) is 6.34. The Hall–Kier alpha value is -2.06. The summed E-state index contributed by atoms with van der Waals surface area (Å²) in [5, 5.41) is 2.17. The van der Waals surface area contributed by atoms with Crippen LogP contribution in [0.1, 0.15) is 12.0 Å². The quantitative estimate of drug-likeness (QED) is 0.601. The Labute approximate surface area is 182 Å². The molecule has 4 rings (SSSR count). The summed E-state index contributed by atoms with van der Waals surface area (Å²) in [6.45, 7) is 0.810. The van der Waals surface area contributed by atoms with Crippen LogP contribution in [0.15, 0.2) is 71.6 Å². The third-order valence-electron chi connectivity index (χ3n) is 5.57. The average Bonchev–Trinajstić information content (AvgIpc) is 3.22. The second-order valence-corrected chi connectivity index (χ2v) is 10.7. The fourth-order valence-corrected chi connectivity index (χ4v) is 6.94. The summed E-state index contributed by atoms with van der Waals surface area (Å²) in [5.41, 5.74) is 7.16. The van der Waals surface area contributed by atoms with E-state index in [9.17, 15) is 8.42 Å². The van der Waals surface area contributed by atoms with Crippen LogP contribution in [0.4, 0.5) is 0 Å². The van der Waals surface area contributed by atoms with Gasteiger partial charge in [0.1, 0.15) is 5.75 Å². The molecule has 1 fully saturated rings. The SMILES string of the molecule is COc1ccc(CS[C@@H]2C[C@@H](CN)N(S(=O)(=O)c3ccc4ccccc4c3)C2)cc1. The Morgan fingerprint density at radius 1 is 1.07 bits per heavy atom. The van der Waals surface area contributed by atoms with Gasteiger partial charge in [0.25, 0.3) is 0 Å². The van der Waals surface area contributed by atoms with Gasteiger partial charge in [0, 0.05) is 30.1 Å². The van der Waals surface area contributed by atoms with E-state index in [1.807, 2.05) is 54.6 Å². The van der Waals surface area contributed by atoms with Crippen molar-refractivity contribution in [3.63, 3.8) is 0 Å².